The number of ketones is 1. The molecule has 0 unspecified atom stereocenters. The molecule has 3 rings (SSSR count). The molecule has 5 nitrogen and oxygen atoms in total. The maximum atomic E-state index is 13.6. The summed E-state index contributed by atoms with van der Waals surface area (Å²) in [6, 6.07) is 0. The first-order chi connectivity index (χ1) is 13.5. The predicted molar refractivity (Wildman–Crippen MR) is 110 cm³/mol. The highest BCUT2D eigenvalue weighted by molar-refractivity contribution is 6.05. The molecule has 0 aromatic rings. The van der Waals surface area contributed by atoms with Gasteiger partial charge in [-0.05, 0) is 55.6 Å². The predicted octanol–water partition coefficient (Wildman–Crippen LogP) is 4.47. The zero-order chi connectivity index (χ0) is 21.5. The van der Waals surface area contributed by atoms with Gasteiger partial charge in [0, 0.05) is 25.8 Å². The van der Waals surface area contributed by atoms with E-state index >= 15 is 0 Å². The van der Waals surface area contributed by atoms with Gasteiger partial charge in [0.1, 0.15) is 12.2 Å². The lowest BCUT2D eigenvalue weighted by atomic mass is 9.63. The average Bonchev–Trinajstić information content (AvgIpc) is 2.85. The molecule has 0 N–H and O–H groups in total. The van der Waals surface area contributed by atoms with Gasteiger partial charge in [-0.25, -0.2) is 0 Å². The van der Waals surface area contributed by atoms with E-state index in [1.807, 2.05) is 13.0 Å². The molecule has 0 radical (unpaired) electrons. The quantitative estimate of drug-likeness (QED) is 0.505. The summed E-state index contributed by atoms with van der Waals surface area (Å²) in [5.41, 5.74) is 3.38. The third-order valence-electron chi connectivity index (χ3n) is 6.81. The Bertz CT molecular complexity index is 813. The standard InChI is InChI=1S/C24H32O5/c1-13-7-8-17-9-10-19-21(24(17,5)6)22(27)20(23(19)29-16(4)26)14(2)12-18(11-13)28-15(3)25/h12,17-18,20,23H,1,7-11H2,2-6H3/b14-12-/t17-,18+,20-,23+/m1/s1. The Labute approximate surface area is 173 Å². The van der Waals surface area contributed by atoms with Crippen molar-refractivity contribution in [2.75, 3.05) is 0 Å². The van der Waals surface area contributed by atoms with E-state index in [0.717, 1.165) is 48.0 Å². The van der Waals surface area contributed by atoms with E-state index in [1.54, 1.807) is 0 Å². The third-order valence-corrected chi connectivity index (χ3v) is 6.81. The summed E-state index contributed by atoms with van der Waals surface area (Å²) in [7, 11) is 0. The van der Waals surface area contributed by atoms with Gasteiger partial charge < -0.3 is 9.47 Å². The summed E-state index contributed by atoms with van der Waals surface area (Å²) in [4.78, 5) is 37.1. The monoisotopic (exact) mass is 400 g/mol. The zero-order valence-electron chi connectivity index (χ0n) is 18.2. The Morgan fingerprint density at radius 2 is 1.72 bits per heavy atom. The molecule has 0 fully saturated rings. The van der Waals surface area contributed by atoms with E-state index in [-0.39, 0.29) is 23.1 Å². The van der Waals surface area contributed by atoms with E-state index in [4.69, 9.17) is 9.47 Å². The minimum absolute atomic E-state index is 0.0516. The van der Waals surface area contributed by atoms with E-state index in [2.05, 4.69) is 20.4 Å². The summed E-state index contributed by atoms with van der Waals surface area (Å²) < 4.78 is 11.2. The van der Waals surface area contributed by atoms with Crippen molar-refractivity contribution in [3.05, 3.63) is 34.9 Å². The van der Waals surface area contributed by atoms with Crippen LogP contribution in [-0.4, -0.2) is 29.9 Å². The van der Waals surface area contributed by atoms with Crippen LogP contribution < -0.4 is 0 Å². The lowest BCUT2D eigenvalue weighted by Gasteiger charge is -2.40. The lowest BCUT2D eigenvalue weighted by molar-refractivity contribution is -0.146. The Kier molecular flexibility index (Phi) is 5.88. The molecule has 29 heavy (non-hydrogen) atoms. The van der Waals surface area contributed by atoms with Gasteiger partial charge in [0.25, 0.3) is 0 Å². The molecule has 5 heteroatoms. The Morgan fingerprint density at radius 1 is 1.10 bits per heavy atom. The molecule has 3 aliphatic rings. The molecule has 0 spiro atoms. The number of allylic oxidation sites excluding steroid dienone is 1. The second-order valence-electron chi connectivity index (χ2n) is 9.28. The number of esters is 2. The molecule has 0 aromatic carbocycles. The Hall–Kier alpha value is -2.17. The number of fused-ring (bicyclic) bond motifs is 2. The molecule has 4 atom stereocenters. The smallest absolute Gasteiger partial charge is 0.303 e. The Balaban J connectivity index is 2.12. The first-order valence-corrected chi connectivity index (χ1v) is 10.5. The van der Waals surface area contributed by atoms with E-state index < -0.39 is 18.1 Å². The van der Waals surface area contributed by atoms with Gasteiger partial charge in [-0.1, -0.05) is 31.6 Å². The molecule has 0 amide bonds. The fourth-order valence-electron chi connectivity index (χ4n) is 5.47. The van der Waals surface area contributed by atoms with Crippen molar-refractivity contribution in [3.63, 3.8) is 0 Å². The molecule has 0 aromatic heterocycles. The van der Waals surface area contributed by atoms with E-state index in [9.17, 15) is 14.4 Å². The van der Waals surface area contributed by atoms with E-state index in [1.165, 1.54) is 13.8 Å². The van der Waals surface area contributed by atoms with Crippen LogP contribution in [0.3, 0.4) is 0 Å². The number of hydrogen-bond donors (Lipinski definition) is 0. The lowest BCUT2D eigenvalue weighted by Crippen LogP contribution is -2.33. The van der Waals surface area contributed by atoms with Gasteiger partial charge in [-0.2, -0.15) is 0 Å². The van der Waals surface area contributed by atoms with Crippen LogP contribution in [0.15, 0.2) is 34.9 Å². The van der Waals surface area contributed by atoms with Gasteiger partial charge in [0.05, 0.1) is 5.92 Å². The summed E-state index contributed by atoms with van der Waals surface area (Å²) in [6.45, 7) is 13.1. The number of carbonyl (C=O) groups is 3. The number of hydrogen-bond acceptors (Lipinski definition) is 5. The highest BCUT2D eigenvalue weighted by Gasteiger charge is 2.53. The van der Waals surface area contributed by atoms with Crippen molar-refractivity contribution in [3.8, 4) is 0 Å². The van der Waals surface area contributed by atoms with Crippen molar-refractivity contribution in [2.24, 2.45) is 17.3 Å². The summed E-state index contributed by atoms with van der Waals surface area (Å²) in [6.07, 6.45) is 4.87. The minimum Gasteiger partial charge on any atom is -0.458 e. The number of ether oxygens (including phenoxy) is 2. The third kappa shape index (κ3) is 4.10. The van der Waals surface area contributed by atoms with Crippen molar-refractivity contribution in [1.82, 2.24) is 0 Å². The van der Waals surface area contributed by atoms with Crippen molar-refractivity contribution < 1.29 is 23.9 Å². The van der Waals surface area contributed by atoms with Gasteiger partial charge in [-0.15, -0.1) is 0 Å². The molecular weight excluding hydrogens is 368 g/mol. The van der Waals surface area contributed by atoms with Gasteiger partial charge >= 0.3 is 11.9 Å². The highest BCUT2D eigenvalue weighted by atomic mass is 16.5. The van der Waals surface area contributed by atoms with Crippen LogP contribution >= 0.6 is 0 Å². The second kappa shape index (κ2) is 7.92. The van der Waals surface area contributed by atoms with Crippen LogP contribution in [0.1, 0.15) is 66.7 Å². The van der Waals surface area contributed by atoms with Crippen LogP contribution in [0.2, 0.25) is 0 Å². The fourth-order valence-corrected chi connectivity index (χ4v) is 5.47. The number of Topliss-reactive ketones (excluding diaryl/α,β-unsaturated/α-hetero) is 1. The maximum Gasteiger partial charge on any atom is 0.303 e. The molecule has 0 saturated heterocycles. The number of rotatable bonds is 2. The van der Waals surface area contributed by atoms with Gasteiger partial charge in [-0.3, -0.25) is 14.4 Å². The first-order valence-electron chi connectivity index (χ1n) is 10.5. The van der Waals surface area contributed by atoms with Crippen LogP contribution in [0.25, 0.3) is 0 Å². The maximum absolute atomic E-state index is 13.6. The molecule has 3 aliphatic carbocycles. The second-order valence-corrected chi connectivity index (χ2v) is 9.28. The van der Waals surface area contributed by atoms with Crippen LogP contribution in [0.4, 0.5) is 0 Å². The Morgan fingerprint density at radius 3 is 2.34 bits per heavy atom. The molecular formula is C24H32O5. The van der Waals surface area contributed by atoms with Crippen molar-refractivity contribution in [2.45, 2.75) is 78.9 Å². The summed E-state index contributed by atoms with van der Waals surface area (Å²) in [5.74, 6) is -0.891. The van der Waals surface area contributed by atoms with Crippen LogP contribution in [0.5, 0.6) is 0 Å². The van der Waals surface area contributed by atoms with Gasteiger partial charge in [0.2, 0.25) is 0 Å². The van der Waals surface area contributed by atoms with Crippen LogP contribution in [-0.2, 0) is 23.9 Å². The zero-order valence-corrected chi connectivity index (χ0v) is 18.2. The van der Waals surface area contributed by atoms with Crippen molar-refractivity contribution >= 4 is 17.7 Å². The minimum atomic E-state index is -0.562. The van der Waals surface area contributed by atoms with Crippen LogP contribution in [0, 0.1) is 17.3 Å². The number of carbonyl (C=O) groups excluding carboxylic acids is 3. The normalized spacial score (nSPS) is 33.5. The average molecular weight is 401 g/mol. The SMILES string of the molecule is C=C1CC[C@@H]2CCC3=C(C(=O)[C@@H](/C(C)=C\[C@@H](OC(C)=O)C1)[C@H]3OC(C)=O)C2(C)C. The molecule has 0 aliphatic heterocycles. The van der Waals surface area contributed by atoms with Gasteiger partial charge in [0.15, 0.2) is 5.78 Å². The highest BCUT2D eigenvalue weighted by Crippen LogP contribution is 2.54. The summed E-state index contributed by atoms with van der Waals surface area (Å²) >= 11 is 0. The largest absolute Gasteiger partial charge is 0.458 e. The van der Waals surface area contributed by atoms with Crippen molar-refractivity contribution in [1.29, 1.82) is 0 Å². The first kappa shape index (κ1) is 21.5. The van der Waals surface area contributed by atoms with E-state index in [0.29, 0.717) is 12.3 Å². The molecule has 3 bridgehead atoms. The topological polar surface area (TPSA) is 69.7 Å². The molecule has 0 saturated carbocycles. The molecule has 158 valence electrons. The summed E-state index contributed by atoms with van der Waals surface area (Å²) in [5, 5.41) is 0. The fraction of sp³-hybridized carbons (Fsp3) is 0.625. The molecule has 0 heterocycles.